The van der Waals surface area contributed by atoms with Crippen LogP contribution >= 0.6 is 22.7 Å². The Labute approximate surface area is 192 Å². The molecule has 1 fully saturated rings. The number of nitrogens with zero attached hydrogens (tertiary/aromatic N) is 1. The minimum absolute atomic E-state index is 0.0566. The molecular formula is C23H24F3NO3S2. The van der Waals surface area contributed by atoms with Crippen molar-refractivity contribution >= 4 is 38.9 Å². The van der Waals surface area contributed by atoms with Gasteiger partial charge in [0.25, 0.3) is 0 Å². The molecule has 4 rings (SSSR count). The fourth-order valence-electron chi connectivity index (χ4n) is 4.11. The Kier molecular flexibility index (Phi) is 6.76. The minimum Gasteiger partial charge on any atom is -0.488 e. The van der Waals surface area contributed by atoms with Crippen LogP contribution < -0.4 is 4.74 Å². The highest BCUT2D eigenvalue weighted by atomic mass is 32.1. The van der Waals surface area contributed by atoms with Crippen LogP contribution in [-0.4, -0.2) is 22.2 Å². The molecule has 0 bridgehead atoms. The molecule has 3 aromatic rings. The molecule has 0 unspecified atom stereocenters. The molecule has 1 aliphatic carbocycles. The van der Waals surface area contributed by atoms with Crippen molar-refractivity contribution in [2.24, 2.45) is 5.92 Å². The van der Waals surface area contributed by atoms with E-state index >= 15 is 0 Å². The second-order valence-corrected chi connectivity index (χ2v) is 10.5. The summed E-state index contributed by atoms with van der Waals surface area (Å²) in [7, 11) is 0. The van der Waals surface area contributed by atoms with E-state index in [9.17, 15) is 18.0 Å². The molecule has 0 amide bonds. The molecule has 1 aliphatic rings. The first kappa shape index (κ1) is 23.0. The highest BCUT2D eigenvalue weighted by molar-refractivity contribution is 7.18. The van der Waals surface area contributed by atoms with Crippen molar-refractivity contribution in [3.8, 4) is 5.75 Å². The lowest BCUT2D eigenvalue weighted by molar-refractivity contribution is -0.182. The van der Waals surface area contributed by atoms with Gasteiger partial charge in [0.1, 0.15) is 12.4 Å². The summed E-state index contributed by atoms with van der Waals surface area (Å²) in [6.45, 7) is 2.42. The molecule has 0 spiro atoms. The van der Waals surface area contributed by atoms with Crippen LogP contribution in [0.25, 0.3) is 10.2 Å². The molecule has 1 saturated carbocycles. The summed E-state index contributed by atoms with van der Waals surface area (Å²) in [5.74, 6) is -1.09. The van der Waals surface area contributed by atoms with Crippen molar-refractivity contribution in [1.82, 2.24) is 4.98 Å². The number of hydrogen-bond donors (Lipinski definition) is 1. The molecule has 32 heavy (non-hydrogen) atoms. The number of carboxylic acid groups (broad SMARTS) is 1. The molecule has 9 heteroatoms. The second-order valence-electron chi connectivity index (χ2n) is 8.26. The number of halogens is 3. The number of thiazole rings is 1. The van der Waals surface area contributed by atoms with Crippen molar-refractivity contribution in [1.29, 1.82) is 0 Å². The van der Waals surface area contributed by atoms with Crippen LogP contribution in [0.2, 0.25) is 0 Å². The number of rotatable bonds is 7. The zero-order valence-electron chi connectivity index (χ0n) is 17.6. The molecule has 1 aromatic carbocycles. The SMILES string of the molecule is Cc1cc(C2CCC(C(F)(F)F)CC2)sc1COc1ccc2nc(CCC(=O)O)sc2c1. The number of carbonyl (C=O) groups is 1. The van der Waals surface area contributed by atoms with E-state index in [0.29, 0.717) is 31.6 Å². The van der Waals surface area contributed by atoms with Crippen LogP contribution in [0.15, 0.2) is 24.3 Å². The molecule has 2 aromatic heterocycles. The Morgan fingerprint density at radius 3 is 2.62 bits per heavy atom. The van der Waals surface area contributed by atoms with E-state index in [1.807, 2.05) is 25.1 Å². The van der Waals surface area contributed by atoms with Crippen molar-refractivity contribution in [3.05, 3.63) is 44.6 Å². The van der Waals surface area contributed by atoms with Crippen molar-refractivity contribution < 1.29 is 27.8 Å². The van der Waals surface area contributed by atoms with E-state index in [-0.39, 0.29) is 25.2 Å². The number of thiophene rings is 1. The Morgan fingerprint density at radius 2 is 1.94 bits per heavy atom. The van der Waals surface area contributed by atoms with Gasteiger partial charge in [-0.2, -0.15) is 13.2 Å². The molecule has 1 N–H and O–H groups in total. The fourth-order valence-corrected chi connectivity index (χ4v) is 6.36. The van der Waals surface area contributed by atoms with Crippen molar-refractivity contribution in [3.63, 3.8) is 0 Å². The maximum Gasteiger partial charge on any atom is 0.391 e. The average Bonchev–Trinajstić information content (AvgIpc) is 3.32. The lowest BCUT2D eigenvalue weighted by Crippen LogP contribution is -2.27. The van der Waals surface area contributed by atoms with E-state index in [1.165, 1.54) is 11.3 Å². The number of hydrogen-bond acceptors (Lipinski definition) is 5. The summed E-state index contributed by atoms with van der Waals surface area (Å²) < 4.78 is 45.7. The van der Waals surface area contributed by atoms with Gasteiger partial charge >= 0.3 is 12.1 Å². The summed E-state index contributed by atoms with van der Waals surface area (Å²) in [4.78, 5) is 17.5. The van der Waals surface area contributed by atoms with E-state index in [4.69, 9.17) is 9.84 Å². The number of ether oxygens (including phenoxy) is 1. The first-order chi connectivity index (χ1) is 15.2. The van der Waals surface area contributed by atoms with Gasteiger partial charge in [0.2, 0.25) is 0 Å². The normalized spacial score (nSPS) is 19.4. The van der Waals surface area contributed by atoms with Gasteiger partial charge in [0.15, 0.2) is 0 Å². The Hall–Kier alpha value is -2.13. The third kappa shape index (κ3) is 5.43. The number of aryl methyl sites for hydroxylation is 2. The Bertz CT molecular complexity index is 1100. The van der Waals surface area contributed by atoms with Crippen LogP contribution in [0.1, 0.15) is 58.3 Å². The van der Waals surface area contributed by atoms with Gasteiger partial charge in [-0.15, -0.1) is 22.7 Å². The van der Waals surface area contributed by atoms with Gasteiger partial charge in [-0.05, 0) is 68.4 Å². The van der Waals surface area contributed by atoms with Crippen LogP contribution in [-0.2, 0) is 17.8 Å². The highest BCUT2D eigenvalue weighted by Gasteiger charge is 2.41. The zero-order valence-corrected chi connectivity index (χ0v) is 19.2. The van der Waals surface area contributed by atoms with Gasteiger partial charge in [0, 0.05) is 16.2 Å². The minimum atomic E-state index is -4.08. The summed E-state index contributed by atoms with van der Waals surface area (Å²) in [6, 6.07) is 7.74. The largest absolute Gasteiger partial charge is 0.488 e. The standard InChI is InChI=1S/C23H24F3NO3S2/c1-13-10-18(14-2-4-15(5-3-14)23(24,25)26)31-20(13)12-30-16-6-7-17-19(11-16)32-21(27-17)8-9-22(28)29/h6-7,10-11,14-15H,2-5,8-9,12H2,1H3,(H,28,29). The monoisotopic (exact) mass is 483 g/mol. The van der Waals surface area contributed by atoms with Gasteiger partial charge in [-0.3, -0.25) is 4.79 Å². The second kappa shape index (κ2) is 9.39. The van der Waals surface area contributed by atoms with Crippen LogP contribution in [0.5, 0.6) is 5.75 Å². The molecule has 4 nitrogen and oxygen atoms in total. The summed E-state index contributed by atoms with van der Waals surface area (Å²) in [5.41, 5.74) is 1.93. The first-order valence-electron chi connectivity index (χ1n) is 10.6. The summed E-state index contributed by atoms with van der Waals surface area (Å²) >= 11 is 3.11. The smallest absolute Gasteiger partial charge is 0.391 e. The quantitative estimate of drug-likeness (QED) is 0.389. The van der Waals surface area contributed by atoms with Gasteiger partial charge in [-0.25, -0.2) is 4.98 Å². The zero-order chi connectivity index (χ0) is 22.9. The maximum absolute atomic E-state index is 12.9. The first-order valence-corrected chi connectivity index (χ1v) is 12.2. The Morgan fingerprint density at radius 1 is 1.19 bits per heavy atom. The number of benzene rings is 1. The lowest BCUT2D eigenvalue weighted by atomic mass is 9.81. The van der Waals surface area contributed by atoms with Crippen LogP contribution in [0.3, 0.4) is 0 Å². The maximum atomic E-state index is 12.9. The predicted molar refractivity (Wildman–Crippen MR) is 120 cm³/mol. The number of aliphatic carboxylic acids is 1. The highest BCUT2D eigenvalue weighted by Crippen LogP contribution is 2.45. The van der Waals surface area contributed by atoms with Gasteiger partial charge < -0.3 is 9.84 Å². The Balaban J connectivity index is 1.37. The van der Waals surface area contributed by atoms with Crippen LogP contribution in [0.4, 0.5) is 13.2 Å². The van der Waals surface area contributed by atoms with E-state index in [0.717, 1.165) is 30.5 Å². The molecule has 172 valence electrons. The molecule has 0 radical (unpaired) electrons. The van der Waals surface area contributed by atoms with Gasteiger partial charge in [0.05, 0.1) is 27.6 Å². The molecule has 0 saturated heterocycles. The summed E-state index contributed by atoms with van der Waals surface area (Å²) in [6.07, 6.45) is -2.03. The number of alkyl halides is 3. The molecule has 0 atom stereocenters. The topological polar surface area (TPSA) is 59.4 Å². The number of carboxylic acids is 1. The predicted octanol–water partition coefficient (Wildman–Crippen LogP) is 7.10. The third-order valence-electron chi connectivity index (χ3n) is 5.96. The lowest BCUT2D eigenvalue weighted by Gasteiger charge is -2.29. The number of aromatic nitrogens is 1. The molecule has 2 heterocycles. The summed E-state index contributed by atoms with van der Waals surface area (Å²) in [5, 5.41) is 9.63. The van der Waals surface area contributed by atoms with Gasteiger partial charge in [-0.1, -0.05) is 0 Å². The fraction of sp³-hybridized carbons (Fsp3) is 0.478. The van der Waals surface area contributed by atoms with Crippen molar-refractivity contribution in [2.75, 3.05) is 0 Å². The third-order valence-corrected chi connectivity index (χ3v) is 8.41. The van der Waals surface area contributed by atoms with Crippen LogP contribution in [0, 0.1) is 12.8 Å². The van der Waals surface area contributed by atoms with E-state index in [2.05, 4.69) is 11.1 Å². The molecular weight excluding hydrogens is 459 g/mol. The van der Waals surface area contributed by atoms with E-state index in [1.54, 1.807) is 11.3 Å². The van der Waals surface area contributed by atoms with Crippen molar-refractivity contribution in [2.45, 2.75) is 64.1 Å². The van der Waals surface area contributed by atoms with E-state index < -0.39 is 18.1 Å². The average molecular weight is 484 g/mol. The number of fused-ring (bicyclic) bond motifs is 1. The molecule has 0 aliphatic heterocycles.